The Kier molecular flexibility index (Phi) is 6.47. The van der Waals surface area contributed by atoms with E-state index in [-0.39, 0.29) is 37.1 Å². The van der Waals surface area contributed by atoms with Gasteiger partial charge in [0.1, 0.15) is 12.6 Å². The molecule has 2 N–H and O–H groups in total. The van der Waals surface area contributed by atoms with Gasteiger partial charge in [-0.3, -0.25) is 4.79 Å². The van der Waals surface area contributed by atoms with Gasteiger partial charge in [-0.1, -0.05) is 55.5 Å². The van der Waals surface area contributed by atoms with E-state index in [0.29, 0.717) is 25.9 Å². The molecule has 0 radical (unpaired) electrons. The first-order valence-electron chi connectivity index (χ1n) is 12.2. The minimum absolute atomic E-state index is 0.0445. The van der Waals surface area contributed by atoms with E-state index < -0.39 is 24.0 Å². The summed E-state index contributed by atoms with van der Waals surface area (Å²) in [6.07, 6.45) is 0.603. The lowest BCUT2D eigenvalue weighted by Gasteiger charge is -2.30. The molecule has 0 spiro atoms. The second-order valence-electron chi connectivity index (χ2n) is 9.41. The Balaban J connectivity index is 1.20. The van der Waals surface area contributed by atoms with E-state index in [9.17, 15) is 19.5 Å². The van der Waals surface area contributed by atoms with E-state index in [1.54, 1.807) is 0 Å². The molecule has 1 aliphatic carbocycles. The molecule has 8 heteroatoms. The van der Waals surface area contributed by atoms with E-state index in [2.05, 4.69) is 29.6 Å². The lowest BCUT2D eigenvalue weighted by Crippen LogP contribution is -2.50. The van der Waals surface area contributed by atoms with Crippen LogP contribution < -0.4 is 5.32 Å². The van der Waals surface area contributed by atoms with Crippen molar-refractivity contribution in [1.29, 1.82) is 0 Å². The minimum Gasteiger partial charge on any atom is -0.480 e. The number of nitrogens with one attached hydrogen (secondary N) is 1. The molecule has 3 aliphatic rings. The molecule has 2 aromatic rings. The van der Waals surface area contributed by atoms with Gasteiger partial charge in [0.2, 0.25) is 5.91 Å². The first-order valence-corrected chi connectivity index (χ1v) is 12.2. The molecule has 2 fully saturated rings. The molecule has 2 saturated heterocycles. The largest absolute Gasteiger partial charge is 0.480 e. The summed E-state index contributed by atoms with van der Waals surface area (Å²) in [4.78, 5) is 39.1. The number of nitrogens with zero attached hydrogens (tertiary/aromatic N) is 1. The van der Waals surface area contributed by atoms with Gasteiger partial charge >= 0.3 is 12.1 Å². The van der Waals surface area contributed by atoms with Gasteiger partial charge in [-0.05, 0) is 35.1 Å². The third kappa shape index (κ3) is 4.27. The van der Waals surface area contributed by atoms with E-state index in [4.69, 9.17) is 9.47 Å². The van der Waals surface area contributed by atoms with Gasteiger partial charge in [0.25, 0.3) is 0 Å². The van der Waals surface area contributed by atoms with Gasteiger partial charge in [0.05, 0.1) is 18.1 Å². The molecule has 184 valence electrons. The van der Waals surface area contributed by atoms with Crippen LogP contribution in [0, 0.1) is 5.92 Å². The number of alkyl carbamates (subject to hydrolysis) is 1. The molecule has 5 rings (SSSR count). The first kappa shape index (κ1) is 23.4. The zero-order chi connectivity index (χ0) is 24.5. The molecular formula is C27H30N2O6. The number of hydrogen-bond acceptors (Lipinski definition) is 5. The quantitative estimate of drug-likeness (QED) is 0.632. The van der Waals surface area contributed by atoms with Crippen molar-refractivity contribution < 1.29 is 29.0 Å². The van der Waals surface area contributed by atoms with Crippen LogP contribution in [0.25, 0.3) is 11.1 Å². The summed E-state index contributed by atoms with van der Waals surface area (Å²) in [7, 11) is 0. The van der Waals surface area contributed by atoms with Crippen molar-refractivity contribution in [2.75, 3.05) is 19.8 Å². The monoisotopic (exact) mass is 478 g/mol. The highest BCUT2D eigenvalue weighted by Crippen LogP contribution is 2.44. The highest BCUT2D eigenvalue weighted by molar-refractivity contribution is 5.87. The standard InChI is InChI=1S/C27H30N2O6/c1-2-16(25(30)29-22-11-12-34-24(22)13-23(29)26(31)32)14-28-27(33)35-15-21-19-9-5-3-7-17(19)18-8-4-6-10-20(18)21/h3-10,16,21-24H,2,11-15H2,1H3,(H,28,33)(H,31,32)/t16?,22-,23?,24-/m0/s1. The summed E-state index contributed by atoms with van der Waals surface area (Å²) in [5.41, 5.74) is 4.57. The summed E-state index contributed by atoms with van der Waals surface area (Å²) in [5.74, 6) is -1.85. The topological polar surface area (TPSA) is 105 Å². The maximum absolute atomic E-state index is 13.3. The van der Waals surface area contributed by atoms with Crippen LogP contribution in [0.5, 0.6) is 0 Å². The Hall–Kier alpha value is -3.39. The number of ether oxygens (including phenoxy) is 2. The second-order valence-corrected chi connectivity index (χ2v) is 9.41. The molecule has 2 aromatic carbocycles. The Morgan fingerprint density at radius 2 is 1.77 bits per heavy atom. The van der Waals surface area contributed by atoms with E-state index >= 15 is 0 Å². The Labute approximate surface area is 204 Å². The summed E-state index contributed by atoms with van der Waals surface area (Å²) < 4.78 is 11.2. The van der Waals surface area contributed by atoms with Crippen LogP contribution >= 0.6 is 0 Å². The number of likely N-dealkylation sites (tertiary alicyclic amines) is 1. The molecule has 2 aliphatic heterocycles. The fourth-order valence-electron chi connectivity index (χ4n) is 5.76. The van der Waals surface area contributed by atoms with Crippen LogP contribution in [0.3, 0.4) is 0 Å². The van der Waals surface area contributed by atoms with Gasteiger partial charge in [-0.15, -0.1) is 0 Å². The second kappa shape index (κ2) is 9.70. The first-order chi connectivity index (χ1) is 17.0. The highest BCUT2D eigenvalue weighted by atomic mass is 16.5. The Morgan fingerprint density at radius 3 is 2.40 bits per heavy atom. The van der Waals surface area contributed by atoms with E-state index in [1.807, 2.05) is 31.2 Å². The number of carboxylic acid groups (broad SMARTS) is 1. The van der Waals surface area contributed by atoms with Crippen LogP contribution in [0.4, 0.5) is 4.79 Å². The van der Waals surface area contributed by atoms with E-state index in [0.717, 1.165) is 22.3 Å². The third-order valence-corrected chi connectivity index (χ3v) is 7.54. The average Bonchev–Trinajstić information content (AvgIpc) is 3.54. The summed E-state index contributed by atoms with van der Waals surface area (Å²) in [5, 5.41) is 12.4. The molecule has 0 aromatic heterocycles. The van der Waals surface area contributed by atoms with Crippen molar-refractivity contribution in [2.24, 2.45) is 5.92 Å². The zero-order valence-corrected chi connectivity index (χ0v) is 19.7. The number of rotatable bonds is 7. The van der Waals surface area contributed by atoms with Crippen LogP contribution in [-0.2, 0) is 19.1 Å². The highest BCUT2D eigenvalue weighted by Gasteiger charge is 2.50. The van der Waals surface area contributed by atoms with Crippen molar-refractivity contribution in [2.45, 2.75) is 50.3 Å². The number of fused-ring (bicyclic) bond motifs is 4. The maximum Gasteiger partial charge on any atom is 0.407 e. The summed E-state index contributed by atoms with van der Waals surface area (Å²) >= 11 is 0. The van der Waals surface area contributed by atoms with Gasteiger partial charge in [-0.2, -0.15) is 0 Å². The summed E-state index contributed by atoms with van der Waals surface area (Å²) in [6.45, 7) is 2.67. The number of benzene rings is 2. The molecule has 35 heavy (non-hydrogen) atoms. The number of aliphatic carboxylic acids is 1. The fraction of sp³-hybridized carbons (Fsp3) is 0.444. The Morgan fingerprint density at radius 1 is 1.11 bits per heavy atom. The van der Waals surface area contributed by atoms with Crippen molar-refractivity contribution in [1.82, 2.24) is 10.2 Å². The van der Waals surface area contributed by atoms with E-state index in [1.165, 1.54) is 4.90 Å². The SMILES string of the molecule is CCC(CNC(=O)OCC1c2ccccc2-c2ccccc21)C(=O)N1C(C(=O)O)C[C@@H]2OCC[C@@H]21. The molecule has 8 nitrogen and oxygen atoms in total. The smallest absolute Gasteiger partial charge is 0.407 e. The minimum atomic E-state index is -1.02. The third-order valence-electron chi connectivity index (χ3n) is 7.54. The van der Waals surface area contributed by atoms with Crippen molar-refractivity contribution in [3.05, 3.63) is 59.7 Å². The number of carbonyl (C=O) groups excluding carboxylic acids is 2. The lowest BCUT2D eigenvalue weighted by molar-refractivity contribution is -0.151. The number of carbonyl (C=O) groups is 3. The molecule has 0 saturated carbocycles. The zero-order valence-electron chi connectivity index (χ0n) is 19.7. The molecule has 2 amide bonds. The number of carboxylic acids is 1. The summed E-state index contributed by atoms with van der Waals surface area (Å²) in [6, 6.07) is 15.1. The molecule has 0 bridgehead atoms. The van der Waals surface area contributed by atoms with Crippen LogP contribution in [0.1, 0.15) is 43.2 Å². The predicted octanol–water partition coefficient (Wildman–Crippen LogP) is 3.39. The molecule has 2 heterocycles. The van der Waals surface area contributed by atoms with Gasteiger partial charge < -0.3 is 24.8 Å². The number of amides is 2. The van der Waals surface area contributed by atoms with Crippen molar-refractivity contribution >= 4 is 18.0 Å². The van der Waals surface area contributed by atoms with Crippen LogP contribution in [-0.4, -0.2) is 65.9 Å². The lowest BCUT2D eigenvalue weighted by atomic mass is 9.98. The van der Waals surface area contributed by atoms with Crippen LogP contribution in [0.2, 0.25) is 0 Å². The molecule has 4 atom stereocenters. The molecule has 2 unspecified atom stereocenters. The van der Waals surface area contributed by atoms with Crippen molar-refractivity contribution in [3.63, 3.8) is 0 Å². The van der Waals surface area contributed by atoms with Gasteiger partial charge in [0, 0.05) is 25.5 Å². The average molecular weight is 479 g/mol. The maximum atomic E-state index is 13.3. The fourth-order valence-corrected chi connectivity index (χ4v) is 5.76. The Bertz CT molecular complexity index is 1090. The van der Waals surface area contributed by atoms with Gasteiger partial charge in [-0.25, -0.2) is 9.59 Å². The number of hydrogen-bond donors (Lipinski definition) is 2. The van der Waals surface area contributed by atoms with Crippen LogP contribution in [0.15, 0.2) is 48.5 Å². The predicted molar refractivity (Wildman–Crippen MR) is 128 cm³/mol. The molecular weight excluding hydrogens is 448 g/mol. The van der Waals surface area contributed by atoms with Crippen molar-refractivity contribution in [3.8, 4) is 11.1 Å². The normalized spacial score (nSPS) is 23.3. The van der Waals surface area contributed by atoms with Gasteiger partial charge in [0.15, 0.2) is 0 Å².